The summed E-state index contributed by atoms with van der Waals surface area (Å²) in [6, 6.07) is 14.1. The van der Waals surface area contributed by atoms with E-state index in [1.807, 2.05) is 41.2 Å². The highest BCUT2D eigenvalue weighted by Gasteiger charge is 2.18. The average molecular weight is 399 g/mol. The van der Waals surface area contributed by atoms with Crippen molar-refractivity contribution in [2.45, 2.75) is 33.2 Å². The summed E-state index contributed by atoms with van der Waals surface area (Å²) in [4.78, 5) is 22.0. The van der Waals surface area contributed by atoms with Gasteiger partial charge >= 0.3 is 0 Å². The first-order chi connectivity index (χ1) is 14.5. The van der Waals surface area contributed by atoms with E-state index in [1.165, 1.54) is 5.56 Å². The summed E-state index contributed by atoms with van der Waals surface area (Å²) in [5.74, 6) is -0.122. The number of amides is 1. The van der Waals surface area contributed by atoms with Crippen LogP contribution in [0.15, 0.2) is 61.1 Å². The lowest BCUT2D eigenvalue weighted by Crippen LogP contribution is -2.26. The topological polar surface area (TPSA) is 72.7 Å². The summed E-state index contributed by atoms with van der Waals surface area (Å²) < 4.78 is 1.86. The van der Waals surface area contributed by atoms with Gasteiger partial charge in [-0.05, 0) is 44.9 Å². The second-order valence-corrected chi connectivity index (χ2v) is 7.71. The second-order valence-electron chi connectivity index (χ2n) is 7.71. The van der Waals surface area contributed by atoms with Crippen molar-refractivity contribution in [1.82, 2.24) is 25.1 Å². The third kappa shape index (κ3) is 4.08. The molecule has 0 radical (unpaired) electrons. The van der Waals surface area contributed by atoms with E-state index >= 15 is 0 Å². The molecule has 0 saturated carbocycles. The molecule has 0 atom stereocenters. The quantitative estimate of drug-likeness (QED) is 0.523. The van der Waals surface area contributed by atoms with Gasteiger partial charge in [-0.15, -0.1) is 0 Å². The molecule has 4 aromatic rings. The normalized spacial score (nSPS) is 11.2. The Morgan fingerprint density at radius 1 is 1.13 bits per heavy atom. The molecule has 4 rings (SSSR count). The maximum Gasteiger partial charge on any atom is 0.252 e. The molecular formula is C24H25N5O. The van der Waals surface area contributed by atoms with E-state index in [0.29, 0.717) is 12.1 Å². The molecule has 1 aromatic carbocycles. The van der Waals surface area contributed by atoms with Crippen molar-refractivity contribution < 1.29 is 4.79 Å². The highest BCUT2D eigenvalue weighted by molar-refractivity contribution is 6.06. The van der Waals surface area contributed by atoms with Gasteiger partial charge < -0.3 is 5.32 Å². The first kappa shape index (κ1) is 19.8. The van der Waals surface area contributed by atoms with E-state index in [9.17, 15) is 4.79 Å². The number of rotatable bonds is 6. The fourth-order valence-electron chi connectivity index (χ4n) is 3.42. The van der Waals surface area contributed by atoms with E-state index in [0.717, 1.165) is 34.3 Å². The van der Waals surface area contributed by atoms with Crippen LogP contribution in [-0.2, 0) is 6.42 Å². The van der Waals surface area contributed by atoms with Gasteiger partial charge in [0.15, 0.2) is 5.65 Å². The minimum absolute atomic E-state index is 0.122. The van der Waals surface area contributed by atoms with E-state index in [1.54, 1.807) is 12.4 Å². The first-order valence-corrected chi connectivity index (χ1v) is 10.2. The number of carbonyl (C=O) groups is 1. The maximum atomic E-state index is 13.1. The molecule has 1 N–H and O–H groups in total. The molecule has 0 bridgehead atoms. The molecule has 1 amide bonds. The van der Waals surface area contributed by atoms with Crippen molar-refractivity contribution in [2.75, 3.05) is 6.54 Å². The fraction of sp³-hybridized carbons (Fsp3) is 0.250. The summed E-state index contributed by atoms with van der Waals surface area (Å²) in [6.07, 6.45) is 6.02. The molecule has 6 heteroatoms. The molecule has 0 aliphatic rings. The molecule has 3 heterocycles. The third-order valence-electron chi connectivity index (χ3n) is 5.07. The highest BCUT2D eigenvalue weighted by Crippen LogP contribution is 2.26. The van der Waals surface area contributed by atoms with Gasteiger partial charge in [0.25, 0.3) is 5.91 Å². The lowest BCUT2D eigenvalue weighted by molar-refractivity contribution is 0.0955. The van der Waals surface area contributed by atoms with Crippen LogP contribution in [0.5, 0.6) is 0 Å². The van der Waals surface area contributed by atoms with Crippen LogP contribution >= 0.6 is 0 Å². The van der Waals surface area contributed by atoms with Gasteiger partial charge in [0.05, 0.1) is 22.8 Å². The molecule has 0 saturated heterocycles. The Balaban J connectivity index is 1.68. The van der Waals surface area contributed by atoms with Crippen LogP contribution in [0.1, 0.15) is 41.4 Å². The first-order valence-electron chi connectivity index (χ1n) is 10.2. The monoisotopic (exact) mass is 399 g/mol. The van der Waals surface area contributed by atoms with E-state index in [4.69, 9.17) is 4.98 Å². The number of carbonyl (C=O) groups excluding carboxylic acids is 1. The largest absolute Gasteiger partial charge is 0.352 e. The molecule has 6 nitrogen and oxygen atoms in total. The van der Waals surface area contributed by atoms with Gasteiger partial charge in [-0.3, -0.25) is 9.78 Å². The van der Waals surface area contributed by atoms with Crippen LogP contribution < -0.4 is 5.32 Å². The van der Waals surface area contributed by atoms with Crippen LogP contribution in [-0.4, -0.2) is 32.2 Å². The minimum Gasteiger partial charge on any atom is -0.352 e. The Bertz CT molecular complexity index is 1160. The van der Waals surface area contributed by atoms with Crippen molar-refractivity contribution in [2.24, 2.45) is 0 Å². The standard InChI is InChI=1S/C24H25N5O/c1-16(2)29-23-21(15-27-29)20(13-22(28-23)19-8-6-17(3)7-9-19)24(30)26-12-10-18-5-4-11-25-14-18/h4-9,11,13-16H,10,12H2,1-3H3,(H,26,30). The Hall–Kier alpha value is -3.54. The summed E-state index contributed by atoms with van der Waals surface area (Å²) in [7, 11) is 0. The summed E-state index contributed by atoms with van der Waals surface area (Å²) >= 11 is 0. The lowest BCUT2D eigenvalue weighted by Gasteiger charge is -2.11. The zero-order chi connectivity index (χ0) is 21.1. The third-order valence-corrected chi connectivity index (χ3v) is 5.07. The minimum atomic E-state index is -0.122. The molecule has 0 fully saturated rings. The van der Waals surface area contributed by atoms with E-state index < -0.39 is 0 Å². The number of nitrogens with one attached hydrogen (secondary N) is 1. The zero-order valence-corrected chi connectivity index (χ0v) is 17.5. The Labute approximate surface area is 176 Å². The predicted octanol–water partition coefficient (Wildman–Crippen LogP) is 4.36. The summed E-state index contributed by atoms with van der Waals surface area (Å²) in [6.45, 7) is 6.70. The predicted molar refractivity (Wildman–Crippen MR) is 118 cm³/mol. The van der Waals surface area contributed by atoms with Gasteiger partial charge in [0.1, 0.15) is 0 Å². The number of nitrogens with zero attached hydrogens (tertiary/aromatic N) is 4. The summed E-state index contributed by atoms with van der Waals surface area (Å²) in [5, 5.41) is 8.28. The van der Waals surface area contributed by atoms with Crippen LogP contribution in [0.25, 0.3) is 22.3 Å². The van der Waals surface area contributed by atoms with Crippen molar-refractivity contribution in [1.29, 1.82) is 0 Å². The number of pyridine rings is 2. The van der Waals surface area contributed by atoms with E-state index in [-0.39, 0.29) is 11.9 Å². The van der Waals surface area contributed by atoms with Crippen LogP contribution in [0.3, 0.4) is 0 Å². The van der Waals surface area contributed by atoms with Crippen molar-refractivity contribution >= 4 is 16.9 Å². The number of benzene rings is 1. The molecule has 30 heavy (non-hydrogen) atoms. The zero-order valence-electron chi connectivity index (χ0n) is 17.5. The van der Waals surface area contributed by atoms with Gasteiger partial charge in [-0.1, -0.05) is 35.9 Å². The number of aromatic nitrogens is 4. The van der Waals surface area contributed by atoms with Crippen molar-refractivity contribution in [3.8, 4) is 11.3 Å². The van der Waals surface area contributed by atoms with Crippen LogP contribution in [0.4, 0.5) is 0 Å². The van der Waals surface area contributed by atoms with Crippen LogP contribution in [0.2, 0.25) is 0 Å². The van der Waals surface area contributed by atoms with Crippen molar-refractivity contribution in [3.05, 3.63) is 77.7 Å². The average Bonchev–Trinajstić information content (AvgIpc) is 3.18. The van der Waals surface area contributed by atoms with Gasteiger partial charge in [-0.2, -0.15) is 5.10 Å². The smallest absolute Gasteiger partial charge is 0.252 e. The fourth-order valence-corrected chi connectivity index (χ4v) is 3.42. The Morgan fingerprint density at radius 3 is 2.63 bits per heavy atom. The Kier molecular flexibility index (Phi) is 5.57. The van der Waals surface area contributed by atoms with Crippen molar-refractivity contribution in [3.63, 3.8) is 0 Å². The number of fused-ring (bicyclic) bond motifs is 1. The number of hydrogen-bond acceptors (Lipinski definition) is 4. The van der Waals surface area contributed by atoms with Gasteiger partial charge in [0.2, 0.25) is 0 Å². The highest BCUT2D eigenvalue weighted by atomic mass is 16.1. The van der Waals surface area contributed by atoms with Gasteiger partial charge in [0, 0.05) is 30.5 Å². The second kappa shape index (κ2) is 8.45. The lowest BCUT2D eigenvalue weighted by atomic mass is 10.0. The van der Waals surface area contributed by atoms with Crippen LogP contribution in [0, 0.1) is 6.92 Å². The molecule has 0 aliphatic carbocycles. The number of hydrogen-bond donors (Lipinski definition) is 1. The molecule has 3 aromatic heterocycles. The van der Waals surface area contributed by atoms with E-state index in [2.05, 4.69) is 48.3 Å². The molecule has 152 valence electrons. The SMILES string of the molecule is Cc1ccc(-c2cc(C(=O)NCCc3cccnc3)c3cnn(C(C)C)c3n2)cc1. The number of aryl methyl sites for hydroxylation is 1. The maximum absolute atomic E-state index is 13.1. The molecule has 0 unspecified atom stereocenters. The Morgan fingerprint density at radius 2 is 1.93 bits per heavy atom. The molecule has 0 spiro atoms. The van der Waals surface area contributed by atoms with Gasteiger partial charge in [-0.25, -0.2) is 9.67 Å². The molecule has 0 aliphatic heterocycles. The summed E-state index contributed by atoms with van der Waals surface area (Å²) in [5.41, 5.74) is 5.32. The molecular weight excluding hydrogens is 374 g/mol.